The molecule has 17 nitrogen and oxygen atoms in total. The van der Waals surface area contributed by atoms with Gasteiger partial charge in [0.05, 0.1) is 81.6 Å². The minimum atomic E-state index is -0.952. The Labute approximate surface area is 406 Å². The van der Waals surface area contributed by atoms with Crippen LogP contribution in [-0.2, 0) is 44.5 Å². The van der Waals surface area contributed by atoms with Crippen LogP contribution < -0.4 is 15.4 Å². The number of carbonyl (C=O) groups is 3. The molecule has 3 amide bonds. The van der Waals surface area contributed by atoms with Crippen LogP contribution in [0.1, 0.15) is 38.4 Å². The molecule has 5 heterocycles. The number of fused-ring (bicyclic) bond motifs is 3. The summed E-state index contributed by atoms with van der Waals surface area (Å²) in [5.41, 5.74) is 8.45. The molecule has 1 aliphatic heterocycles. The summed E-state index contributed by atoms with van der Waals surface area (Å²) in [6, 6.07) is 18.5. The highest BCUT2D eigenvalue weighted by Gasteiger charge is 2.44. The highest BCUT2D eigenvalue weighted by atomic mass is 32.1. The number of benzene rings is 2. The molecule has 4 N–H and O–H groups in total. The SMILES string of the molecule is Cc1ncsc1-c1ccc(CCNC(=O)[C@@H]2C[C@H](O)CN2C(=O)[C@@H](NC(=O)COCCOCCOCCOCCOCCOc2ccc(-c3ccc4c(c3)[nH]c3ccncc34)cn2)C(C)(C)C)cc1. The fraction of sp³-hybridized carbons (Fsp3) is 0.451. The fourth-order valence-corrected chi connectivity index (χ4v) is 8.80. The van der Waals surface area contributed by atoms with Crippen molar-refractivity contribution >= 4 is 50.9 Å². The zero-order valence-corrected chi connectivity index (χ0v) is 40.6. The second kappa shape index (κ2) is 25.1. The van der Waals surface area contributed by atoms with Crippen molar-refractivity contribution in [2.45, 2.75) is 58.7 Å². The van der Waals surface area contributed by atoms with Gasteiger partial charge in [0.1, 0.15) is 25.3 Å². The molecule has 0 radical (unpaired) electrons. The molecule has 0 bridgehead atoms. The van der Waals surface area contributed by atoms with Gasteiger partial charge in [-0.2, -0.15) is 0 Å². The second-order valence-electron chi connectivity index (χ2n) is 17.8. The standard InChI is InChI=1S/C51H63N7O10S/c1-34-47(69-33-55-34)36-7-5-35(6-8-36)13-16-53-49(61)44-28-39(59)31-58(44)50(62)48(51(2,3)4)57-45(60)32-67-24-23-65-20-19-63-17-18-64-21-22-66-25-26-68-46-12-10-38(29-54-46)37-9-11-40-41-30-52-15-14-42(41)56-43(40)27-37/h5-12,14-15,27,29-30,33,39,44,48,56,59H,13,16-26,28,31-32H2,1-4H3,(H,53,61)(H,57,60)/t39-,44-,48+/m0/s1. The summed E-state index contributed by atoms with van der Waals surface area (Å²) in [5.74, 6) is -0.724. The van der Waals surface area contributed by atoms with E-state index in [0.717, 1.165) is 54.6 Å². The largest absolute Gasteiger partial charge is 0.475 e. The number of aromatic nitrogens is 4. The zero-order valence-electron chi connectivity index (χ0n) is 39.7. The Morgan fingerprint density at radius 3 is 2.12 bits per heavy atom. The van der Waals surface area contributed by atoms with Crippen LogP contribution in [-0.4, -0.2) is 152 Å². The van der Waals surface area contributed by atoms with Gasteiger partial charge in [0.15, 0.2) is 0 Å². The van der Waals surface area contributed by atoms with E-state index in [4.69, 9.17) is 28.4 Å². The van der Waals surface area contributed by atoms with Crippen LogP contribution in [0.25, 0.3) is 43.4 Å². The number of rotatable bonds is 26. The molecule has 0 saturated carbocycles. The molecule has 6 aromatic rings. The molecule has 7 rings (SSSR count). The number of aromatic amines is 1. The van der Waals surface area contributed by atoms with Gasteiger partial charge < -0.3 is 54.0 Å². The van der Waals surface area contributed by atoms with Crippen LogP contribution in [0.2, 0.25) is 0 Å². The van der Waals surface area contributed by atoms with Crippen molar-refractivity contribution in [1.82, 2.24) is 35.5 Å². The third-order valence-corrected chi connectivity index (χ3v) is 12.6. The van der Waals surface area contributed by atoms with E-state index in [2.05, 4.69) is 48.8 Å². The van der Waals surface area contributed by atoms with Gasteiger partial charge in [0.25, 0.3) is 0 Å². The van der Waals surface area contributed by atoms with Gasteiger partial charge in [-0.15, -0.1) is 11.3 Å². The number of aryl methyl sites for hydroxylation is 1. The minimum Gasteiger partial charge on any atom is -0.475 e. The van der Waals surface area contributed by atoms with E-state index in [1.807, 2.05) is 81.9 Å². The molecule has 69 heavy (non-hydrogen) atoms. The summed E-state index contributed by atoms with van der Waals surface area (Å²) in [4.78, 5) is 59.2. The Morgan fingerprint density at radius 2 is 1.46 bits per heavy atom. The van der Waals surface area contributed by atoms with Gasteiger partial charge >= 0.3 is 0 Å². The van der Waals surface area contributed by atoms with Crippen molar-refractivity contribution in [3.63, 3.8) is 0 Å². The Balaban J connectivity index is 0.685. The normalized spacial score (nSPS) is 15.5. The Bertz CT molecular complexity index is 2580. The number of nitrogens with zero attached hydrogens (tertiary/aromatic N) is 4. The van der Waals surface area contributed by atoms with E-state index in [1.165, 1.54) is 4.90 Å². The van der Waals surface area contributed by atoms with Crippen LogP contribution in [0.4, 0.5) is 0 Å². The lowest BCUT2D eigenvalue weighted by molar-refractivity contribution is -0.144. The molecule has 1 fully saturated rings. The first-order chi connectivity index (χ1) is 33.4. The van der Waals surface area contributed by atoms with E-state index < -0.39 is 35.4 Å². The van der Waals surface area contributed by atoms with Crippen molar-refractivity contribution < 1.29 is 47.9 Å². The van der Waals surface area contributed by atoms with Crippen molar-refractivity contribution in [3.05, 3.63) is 96.0 Å². The van der Waals surface area contributed by atoms with Crippen LogP contribution >= 0.6 is 11.3 Å². The van der Waals surface area contributed by atoms with E-state index in [-0.39, 0.29) is 38.7 Å². The van der Waals surface area contributed by atoms with Crippen LogP contribution in [0.5, 0.6) is 5.88 Å². The van der Waals surface area contributed by atoms with Gasteiger partial charge in [-0.3, -0.25) is 19.4 Å². The minimum absolute atomic E-state index is 0.00403. The van der Waals surface area contributed by atoms with Crippen LogP contribution in [0.3, 0.4) is 0 Å². The number of nitrogens with one attached hydrogen (secondary N) is 3. The highest BCUT2D eigenvalue weighted by molar-refractivity contribution is 7.13. The molecule has 2 aromatic carbocycles. The number of pyridine rings is 2. The molecule has 1 saturated heterocycles. The number of hydrogen-bond acceptors (Lipinski definition) is 14. The average Bonchev–Trinajstić information content (AvgIpc) is 4.07. The number of likely N-dealkylation sites (tertiary alicyclic amines) is 1. The van der Waals surface area contributed by atoms with E-state index in [9.17, 15) is 19.5 Å². The maximum atomic E-state index is 13.9. The van der Waals surface area contributed by atoms with Crippen LogP contribution in [0.15, 0.2) is 84.8 Å². The molecular formula is C51H63N7O10S. The second-order valence-corrected chi connectivity index (χ2v) is 18.7. The lowest BCUT2D eigenvalue weighted by atomic mass is 9.85. The summed E-state index contributed by atoms with van der Waals surface area (Å²) in [6.45, 7) is 11.1. The number of hydrogen-bond donors (Lipinski definition) is 4. The maximum Gasteiger partial charge on any atom is 0.246 e. The fourth-order valence-electron chi connectivity index (χ4n) is 7.98. The highest BCUT2D eigenvalue weighted by Crippen LogP contribution is 2.31. The van der Waals surface area contributed by atoms with Crippen molar-refractivity contribution in [3.8, 4) is 27.4 Å². The molecule has 3 atom stereocenters. The van der Waals surface area contributed by atoms with Gasteiger partial charge in [-0.05, 0) is 53.6 Å². The Hall–Kier alpha value is -5.86. The Morgan fingerprint density at radius 1 is 0.797 bits per heavy atom. The number of H-pyrrole nitrogens is 1. The molecule has 0 unspecified atom stereocenters. The van der Waals surface area contributed by atoms with Gasteiger partial charge in [-0.25, -0.2) is 9.97 Å². The average molecular weight is 966 g/mol. The molecule has 18 heteroatoms. The molecule has 0 aliphatic carbocycles. The first-order valence-electron chi connectivity index (χ1n) is 23.3. The lowest BCUT2D eigenvalue weighted by Gasteiger charge is -2.35. The summed E-state index contributed by atoms with van der Waals surface area (Å²) in [6.07, 6.45) is 5.32. The maximum absolute atomic E-state index is 13.9. The topological polar surface area (TPSA) is 209 Å². The third-order valence-electron chi connectivity index (χ3n) is 11.6. The predicted molar refractivity (Wildman–Crippen MR) is 263 cm³/mol. The van der Waals surface area contributed by atoms with E-state index >= 15 is 0 Å². The first kappa shape index (κ1) is 51.0. The zero-order chi connectivity index (χ0) is 48.6. The summed E-state index contributed by atoms with van der Waals surface area (Å²) >= 11 is 1.60. The lowest BCUT2D eigenvalue weighted by Crippen LogP contribution is -2.58. The van der Waals surface area contributed by atoms with Gasteiger partial charge in [0, 0.05) is 71.5 Å². The van der Waals surface area contributed by atoms with Crippen molar-refractivity contribution in [1.29, 1.82) is 0 Å². The summed E-state index contributed by atoms with van der Waals surface area (Å²) in [5, 5.41) is 18.5. The number of aliphatic hydroxyl groups is 1. The quantitative estimate of drug-likeness (QED) is 0.0495. The smallest absolute Gasteiger partial charge is 0.246 e. The number of aliphatic hydroxyl groups excluding tert-OH is 1. The van der Waals surface area contributed by atoms with Gasteiger partial charge in [0.2, 0.25) is 23.6 Å². The summed E-state index contributed by atoms with van der Waals surface area (Å²) < 4.78 is 33.6. The molecular weight excluding hydrogens is 903 g/mol. The molecule has 1 aliphatic rings. The number of amides is 3. The number of ether oxygens (including phenoxy) is 6. The Kier molecular flexibility index (Phi) is 18.6. The molecule has 368 valence electrons. The van der Waals surface area contributed by atoms with Crippen molar-refractivity contribution in [2.24, 2.45) is 5.41 Å². The van der Waals surface area contributed by atoms with Crippen molar-refractivity contribution in [2.75, 3.05) is 85.8 Å². The van der Waals surface area contributed by atoms with E-state index in [1.54, 1.807) is 23.7 Å². The molecule has 0 spiro atoms. The monoisotopic (exact) mass is 965 g/mol. The number of β-amino-alcohol motifs (C(OH)–C–C–N with tert-alkyl or cyclic N) is 1. The molecule has 4 aromatic heterocycles. The first-order valence-corrected chi connectivity index (χ1v) is 24.2. The third kappa shape index (κ3) is 14.6. The summed E-state index contributed by atoms with van der Waals surface area (Å²) in [7, 11) is 0. The van der Waals surface area contributed by atoms with Crippen LogP contribution in [0, 0.1) is 12.3 Å². The number of carbonyl (C=O) groups excluding carboxylic acids is 3. The van der Waals surface area contributed by atoms with Gasteiger partial charge in [-0.1, -0.05) is 57.2 Å². The van der Waals surface area contributed by atoms with E-state index in [0.29, 0.717) is 71.7 Å². The predicted octanol–water partition coefficient (Wildman–Crippen LogP) is 5.52. The number of thiazole rings is 1.